The standard InChI is InChI=1S/C20H20FN3O2S/c1-26-12-11-22-17(25)13-27-20-18(14-7-9-16(21)10-8-14)23-19(24-20)15-5-3-2-4-6-15/h2-10H,11-13H2,1H3,(H,22,25)(H,23,24). The molecule has 0 bridgehead atoms. The van der Waals surface area contributed by atoms with Crippen molar-refractivity contribution < 1.29 is 13.9 Å². The van der Waals surface area contributed by atoms with E-state index >= 15 is 0 Å². The molecule has 2 N–H and O–H groups in total. The van der Waals surface area contributed by atoms with Gasteiger partial charge in [0.25, 0.3) is 0 Å². The Bertz CT molecular complexity index is 882. The molecular weight excluding hydrogens is 365 g/mol. The quantitative estimate of drug-likeness (QED) is 0.458. The van der Waals surface area contributed by atoms with E-state index in [-0.39, 0.29) is 17.5 Å². The summed E-state index contributed by atoms with van der Waals surface area (Å²) in [6, 6.07) is 15.9. The fraction of sp³-hybridized carbons (Fsp3) is 0.200. The van der Waals surface area contributed by atoms with Crippen LogP contribution in [0, 0.1) is 5.82 Å². The molecule has 27 heavy (non-hydrogen) atoms. The second-order valence-corrected chi connectivity index (χ2v) is 6.73. The highest BCUT2D eigenvalue weighted by Crippen LogP contribution is 2.32. The first kappa shape index (κ1) is 19.1. The van der Waals surface area contributed by atoms with Crippen LogP contribution >= 0.6 is 11.8 Å². The summed E-state index contributed by atoms with van der Waals surface area (Å²) in [6.07, 6.45) is 0. The molecular formula is C20H20FN3O2S. The summed E-state index contributed by atoms with van der Waals surface area (Å²) < 4.78 is 18.2. The molecule has 2 aromatic carbocycles. The number of hydrogen-bond acceptors (Lipinski definition) is 4. The molecule has 140 valence electrons. The number of carbonyl (C=O) groups excluding carboxylic acids is 1. The van der Waals surface area contributed by atoms with Gasteiger partial charge in [-0.05, 0) is 24.3 Å². The Hall–Kier alpha value is -2.64. The van der Waals surface area contributed by atoms with E-state index in [0.717, 1.165) is 16.8 Å². The number of imidazole rings is 1. The van der Waals surface area contributed by atoms with Crippen LogP contribution in [0.15, 0.2) is 59.6 Å². The number of carbonyl (C=O) groups is 1. The second kappa shape index (κ2) is 9.34. The lowest BCUT2D eigenvalue weighted by molar-refractivity contribution is -0.118. The maximum atomic E-state index is 13.3. The lowest BCUT2D eigenvalue weighted by atomic mass is 10.2. The number of nitrogens with zero attached hydrogens (tertiary/aromatic N) is 1. The number of methoxy groups -OCH3 is 1. The molecule has 1 heterocycles. The van der Waals surface area contributed by atoms with Gasteiger partial charge in [-0.1, -0.05) is 42.1 Å². The lowest BCUT2D eigenvalue weighted by Crippen LogP contribution is -2.28. The van der Waals surface area contributed by atoms with Crippen molar-refractivity contribution >= 4 is 17.7 Å². The molecule has 1 amide bonds. The monoisotopic (exact) mass is 385 g/mol. The van der Waals surface area contributed by atoms with Crippen molar-refractivity contribution in [2.24, 2.45) is 0 Å². The Balaban J connectivity index is 1.83. The molecule has 5 nitrogen and oxygen atoms in total. The Labute approximate surface area is 161 Å². The predicted molar refractivity (Wildman–Crippen MR) is 105 cm³/mol. The third-order valence-corrected chi connectivity index (χ3v) is 4.79. The van der Waals surface area contributed by atoms with Crippen LogP contribution in [0.5, 0.6) is 0 Å². The Morgan fingerprint density at radius 2 is 1.89 bits per heavy atom. The second-order valence-electron chi connectivity index (χ2n) is 5.77. The number of H-pyrrole nitrogens is 1. The molecule has 0 radical (unpaired) electrons. The Morgan fingerprint density at radius 3 is 2.59 bits per heavy atom. The number of aromatic nitrogens is 2. The molecule has 0 fully saturated rings. The van der Waals surface area contributed by atoms with Gasteiger partial charge in [0.1, 0.15) is 16.7 Å². The maximum absolute atomic E-state index is 13.3. The number of nitrogens with one attached hydrogen (secondary N) is 2. The number of benzene rings is 2. The van der Waals surface area contributed by atoms with Crippen LogP contribution in [0.4, 0.5) is 4.39 Å². The summed E-state index contributed by atoms with van der Waals surface area (Å²) >= 11 is 1.34. The SMILES string of the molecule is COCCNC(=O)CSc1nc(-c2ccccc2)[nH]c1-c1ccc(F)cc1. The summed E-state index contributed by atoms with van der Waals surface area (Å²) in [5.74, 6) is 0.550. The van der Waals surface area contributed by atoms with Gasteiger partial charge >= 0.3 is 0 Å². The zero-order valence-electron chi connectivity index (χ0n) is 14.9. The summed E-state index contributed by atoms with van der Waals surface area (Å²) in [6.45, 7) is 0.939. The number of hydrogen-bond donors (Lipinski definition) is 2. The van der Waals surface area contributed by atoms with E-state index in [4.69, 9.17) is 4.74 Å². The molecule has 0 aliphatic heterocycles. The van der Waals surface area contributed by atoms with Gasteiger partial charge < -0.3 is 15.0 Å². The molecule has 0 atom stereocenters. The zero-order valence-corrected chi connectivity index (χ0v) is 15.7. The van der Waals surface area contributed by atoms with Crippen molar-refractivity contribution in [1.29, 1.82) is 0 Å². The van der Waals surface area contributed by atoms with Crippen LogP contribution in [-0.2, 0) is 9.53 Å². The van der Waals surface area contributed by atoms with E-state index < -0.39 is 0 Å². The van der Waals surface area contributed by atoms with Gasteiger partial charge in [0.15, 0.2) is 0 Å². The third kappa shape index (κ3) is 5.18. The van der Waals surface area contributed by atoms with Crippen LogP contribution in [0.2, 0.25) is 0 Å². The minimum Gasteiger partial charge on any atom is -0.383 e. The van der Waals surface area contributed by atoms with Crippen LogP contribution < -0.4 is 5.32 Å². The smallest absolute Gasteiger partial charge is 0.230 e. The molecule has 3 aromatic rings. The van der Waals surface area contributed by atoms with Crippen LogP contribution in [0.25, 0.3) is 22.6 Å². The first-order valence-corrected chi connectivity index (χ1v) is 9.45. The van der Waals surface area contributed by atoms with Crippen molar-refractivity contribution in [2.45, 2.75) is 5.03 Å². The van der Waals surface area contributed by atoms with E-state index in [0.29, 0.717) is 24.0 Å². The van der Waals surface area contributed by atoms with Gasteiger partial charge in [-0.15, -0.1) is 0 Å². The van der Waals surface area contributed by atoms with Crippen LogP contribution in [0.3, 0.4) is 0 Å². The molecule has 3 rings (SSSR count). The highest BCUT2D eigenvalue weighted by atomic mass is 32.2. The molecule has 0 aliphatic carbocycles. The first-order valence-electron chi connectivity index (χ1n) is 8.47. The van der Waals surface area contributed by atoms with Crippen molar-refractivity contribution in [3.05, 3.63) is 60.4 Å². The Morgan fingerprint density at radius 1 is 1.15 bits per heavy atom. The predicted octanol–water partition coefficient (Wildman–Crippen LogP) is 3.74. The fourth-order valence-corrected chi connectivity index (χ4v) is 3.32. The summed E-state index contributed by atoms with van der Waals surface area (Å²) in [7, 11) is 1.59. The third-order valence-electron chi connectivity index (χ3n) is 3.82. The molecule has 0 spiro atoms. The lowest BCUT2D eigenvalue weighted by Gasteiger charge is -2.05. The molecule has 7 heteroatoms. The van der Waals surface area contributed by atoms with Crippen molar-refractivity contribution in [3.8, 4) is 22.6 Å². The minimum atomic E-state index is -0.298. The van der Waals surface area contributed by atoms with E-state index in [1.165, 1.54) is 23.9 Å². The molecule has 0 saturated carbocycles. The van der Waals surface area contributed by atoms with Crippen LogP contribution in [-0.4, -0.2) is 41.9 Å². The number of rotatable bonds is 8. The molecule has 0 aliphatic rings. The number of ether oxygens (including phenoxy) is 1. The average molecular weight is 385 g/mol. The molecule has 1 aromatic heterocycles. The molecule has 0 unspecified atom stereocenters. The maximum Gasteiger partial charge on any atom is 0.230 e. The van der Waals surface area contributed by atoms with Gasteiger partial charge in [0.05, 0.1) is 18.1 Å². The average Bonchev–Trinajstić information content (AvgIpc) is 3.12. The number of halogens is 1. The molecule has 0 saturated heterocycles. The highest BCUT2D eigenvalue weighted by Gasteiger charge is 2.15. The normalized spacial score (nSPS) is 10.7. The summed E-state index contributed by atoms with van der Waals surface area (Å²) in [5, 5.41) is 3.48. The van der Waals surface area contributed by atoms with Gasteiger partial charge in [-0.25, -0.2) is 9.37 Å². The van der Waals surface area contributed by atoms with E-state index in [1.54, 1.807) is 19.2 Å². The van der Waals surface area contributed by atoms with Crippen LogP contribution in [0.1, 0.15) is 0 Å². The number of thioether (sulfide) groups is 1. The highest BCUT2D eigenvalue weighted by molar-refractivity contribution is 8.00. The van der Waals surface area contributed by atoms with Crippen molar-refractivity contribution in [3.63, 3.8) is 0 Å². The van der Waals surface area contributed by atoms with Gasteiger partial charge in [0, 0.05) is 24.8 Å². The zero-order chi connectivity index (χ0) is 19.1. The van der Waals surface area contributed by atoms with Gasteiger partial charge in [-0.2, -0.15) is 0 Å². The minimum absolute atomic E-state index is 0.0913. The van der Waals surface area contributed by atoms with Crippen molar-refractivity contribution in [2.75, 3.05) is 26.0 Å². The van der Waals surface area contributed by atoms with Gasteiger partial charge in [0.2, 0.25) is 5.91 Å². The van der Waals surface area contributed by atoms with E-state index in [9.17, 15) is 9.18 Å². The summed E-state index contributed by atoms with van der Waals surface area (Å²) in [4.78, 5) is 19.9. The number of aromatic amines is 1. The first-order chi connectivity index (χ1) is 13.2. The largest absolute Gasteiger partial charge is 0.383 e. The fourth-order valence-electron chi connectivity index (χ4n) is 2.48. The number of amides is 1. The Kier molecular flexibility index (Phi) is 6.62. The summed E-state index contributed by atoms with van der Waals surface area (Å²) in [5.41, 5.74) is 2.52. The van der Waals surface area contributed by atoms with E-state index in [2.05, 4.69) is 15.3 Å². The van der Waals surface area contributed by atoms with Crippen molar-refractivity contribution in [1.82, 2.24) is 15.3 Å². The topological polar surface area (TPSA) is 67.0 Å². The van der Waals surface area contributed by atoms with Gasteiger partial charge in [-0.3, -0.25) is 4.79 Å². The van der Waals surface area contributed by atoms with E-state index in [1.807, 2.05) is 30.3 Å².